The molecule has 0 amide bonds. The Morgan fingerprint density at radius 3 is 3.12 bits per heavy atom. The number of hydrogen-bond acceptors (Lipinski definition) is 5. The highest BCUT2D eigenvalue weighted by atomic mass is 32.1. The number of aromatic nitrogens is 2. The van der Waals surface area contributed by atoms with Crippen LogP contribution in [0.5, 0.6) is 0 Å². The van der Waals surface area contributed by atoms with Crippen molar-refractivity contribution < 1.29 is 4.52 Å². The topological polar surface area (TPSA) is 51.0 Å². The number of aryl methyl sites for hydroxylation is 1. The van der Waals surface area contributed by atoms with Crippen LogP contribution < -0.4 is 5.32 Å². The van der Waals surface area contributed by atoms with Gasteiger partial charge in [0.15, 0.2) is 0 Å². The van der Waals surface area contributed by atoms with Crippen molar-refractivity contribution in [2.75, 3.05) is 13.1 Å². The van der Waals surface area contributed by atoms with Crippen LogP contribution in [0.25, 0.3) is 11.4 Å². The Morgan fingerprint density at radius 1 is 1.50 bits per heavy atom. The van der Waals surface area contributed by atoms with E-state index in [9.17, 15) is 0 Å². The zero-order valence-corrected chi connectivity index (χ0v) is 9.88. The minimum atomic E-state index is 0.389. The van der Waals surface area contributed by atoms with Gasteiger partial charge in [0.25, 0.3) is 0 Å². The molecular weight excluding hydrogens is 222 g/mol. The van der Waals surface area contributed by atoms with Gasteiger partial charge in [0.2, 0.25) is 11.7 Å². The van der Waals surface area contributed by atoms with Gasteiger partial charge >= 0.3 is 0 Å². The van der Waals surface area contributed by atoms with Crippen LogP contribution in [-0.2, 0) is 0 Å². The Labute approximate surface area is 97.7 Å². The average Bonchev–Trinajstić information content (AvgIpc) is 2.96. The lowest BCUT2D eigenvalue weighted by molar-refractivity contribution is 0.359. The summed E-state index contributed by atoms with van der Waals surface area (Å²) >= 11 is 1.67. The minimum absolute atomic E-state index is 0.389. The van der Waals surface area contributed by atoms with E-state index in [2.05, 4.69) is 33.1 Å². The van der Waals surface area contributed by atoms with E-state index in [0.29, 0.717) is 5.92 Å². The largest absolute Gasteiger partial charge is 0.339 e. The molecule has 2 aromatic heterocycles. The van der Waals surface area contributed by atoms with Crippen molar-refractivity contribution in [1.29, 1.82) is 0 Å². The maximum Gasteiger partial charge on any atom is 0.231 e. The predicted octanol–water partition coefficient (Wildman–Crippen LogP) is 2.18. The lowest BCUT2D eigenvalue weighted by atomic mass is 10.1. The molecule has 0 spiro atoms. The molecule has 1 saturated heterocycles. The molecule has 1 unspecified atom stereocenters. The molecule has 0 radical (unpaired) electrons. The third-order valence-electron chi connectivity index (χ3n) is 2.95. The second-order valence-corrected chi connectivity index (χ2v) is 4.86. The number of rotatable bonds is 2. The van der Waals surface area contributed by atoms with E-state index in [0.717, 1.165) is 36.8 Å². The molecule has 1 fully saturated rings. The first kappa shape index (κ1) is 9.99. The summed E-state index contributed by atoms with van der Waals surface area (Å²) < 4.78 is 5.33. The second-order valence-electron chi connectivity index (χ2n) is 4.11. The fourth-order valence-electron chi connectivity index (χ4n) is 1.97. The zero-order valence-electron chi connectivity index (χ0n) is 9.06. The van der Waals surface area contributed by atoms with Crippen molar-refractivity contribution in [2.24, 2.45) is 0 Å². The second kappa shape index (κ2) is 3.99. The standard InChI is InChI=1S/C11H13N3OS/c1-7-5-16-6-9(7)10-13-11(15-14-10)8-2-3-12-4-8/h5-6,8,12H,2-4H2,1H3. The van der Waals surface area contributed by atoms with Crippen LogP contribution in [-0.4, -0.2) is 23.2 Å². The van der Waals surface area contributed by atoms with Gasteiger partial charge in [-0.15, -0.1) is 0 Å². The molecule has 5 heteroatoms. The quantitative estimate of drug-likeness (QED) is 0.866. The van der Waals surface area contributed by atoms with Crippen molar-refractivity contribution in [3.8, 4) is 11.4 Å². The SMILES string of the molecule is Cc1cscc1-c1noc(C2CCNC2)n1. The van der Waals surface area contributed by atoms with Gasteiger partial charge in [0.1, 0.15) is 0 Å². The number of thiophene rings is 1. The molecule has 1 aliphatic heterocycles. The van der Waals surface area contributed by atoms with Gasteiger partial charge in [-0.1, -0.05) is 5.16 Å². The summed E-state index contributed by atoms with van der Waals surface area (Å²) in [4.78, 5) is 4.48. The van der Waals surface area contributed by atoms with Crippen LogP contribution in [0.3, 0.4) is 0 Å². The van der Waals surface area contributed by atoms with Crippen LogP contribution in [0.15, 0.2) is 15.3 Å². The maximum atomic E-state index is 5.33. The Morgan fingerprint density at radius 2 is 2.44 bits per heavy atom. The molecule has 16 heavy (non-hydrogen) atoms. The van der Waals surface area contributed by atoms with E-state index >= 15 is 0 Å². The molecule has 1 N–H and O–H groups in total. The Balaban J connectivity index is 1.90. The van der Waals surface area contributed by atoms with Crippen LogP contribution in [0.4, 0.5) is 0 Å². The summed E-state index contributed by atoms with van der Waals surface area (Å²) in [6, 6.07) is 0. The first-order valence-electron chi connectivity index (χ1n) is 5.42. The normalized spacial score (nSPS) is 20.4. The Kier molecular flexibility index (Phi) is 2.49. The Bertz CT molecular complexity index is 485. The van der Waals surface area contributed by atoms with E-state index in [1.165, 1.54) is 5.56 Å². The molecule has 4 nitrogen and oxygen atoms in total. The molecule has 84 valence electrons. The van der Waals surface area contributed by atoms with Crippen LogP contribution in [0, 0.1) is 6.92 Å². The van der Waals surface area contributed by atoms with Gasteiger partial charge in [-0.2, -0.15) is 16.3 Å². The molecule has 0 aliphatic carbocycles. The fourth-order valence-corrected chi connectivity index (χ4v) is 2.79. The summed E-state index contributed by atoms with van der Waals surface area (Å²) in [6.07, 6.45) is 1.09. The van der Waals surface area contributed by atoms with Crippen molar-refractivity contribution in [1.82, 2.24) is 15.5 Å². The maximum absolute atomic E-state index is 5.33. The first-order chi connectivity index (χ1) is 7.84. The molecule has 0 saturated carbocycles. The van der Waals surface area contributed by atoms with Gasteiger partial charge in [0, 0.05) is 17.5 Å². The fraction of sp³-hybridized carbons (Fsp3) is 0.455. The minimum Gasteiger partial charge on any atom is -0.339 e. The van der Waals surface area contributed by atoms with E-state index < -0.39 is 0 Å². The smallest absolute Gasteiger partial charge is 0.231 e. The summed E-state index contributed by atoms with van der Waals surface area (Å²) in [5.74, 6) is 1.88. The summed E-state index contributed by atoms with van der Waals surface area (Å²) in [7, 11) is 0. The number of nitrogens with zero attached hydrogens (tertiary/aromatic N) is 2. The molecule has 0 aromatic carbocycles. The average molecular weight is 235 g/mol. The third-order valence-corrected chi connectivity index (χ3v) is 3.81. The molecule has 1 atom stereocenters. The number of hydrogen-bond donors (Lipinski definition) is 1. The highest BCUT2D eigenvalue weighted by Crippen LogP contribution is 2.27. The summed E-state index contributed by atoms with van der Waals surface area (Å²) in [6.45, 7) is 4.06. The predicted molar refractivity (Wildman–Crippen MR) is 62.6 cm³/mol. The van der Waals surface area contributed by atoms with Gasteiger partial charge in [0.05, 0.1) is 5.92 Å². The van der Waals surface area contributed by atoms with Crippen LogP contribution in [0.2, 0.25) is 0 Å². The lowest BCUT2D eigenvalue weighted by Gasteiger charge is -1.98. The Hall–Kier alpha value is -1.20. The summed E-state index contributed by atoms with van der Waals surface area (Å²) in [5, 5.41) is 11.5. The molecule has 0 bridgehead atoms. The van der Waals surface area contributed by atoms with Crippen molar-refractivity contribution in [3.05, 3.63) is 22.2 Å². The molecule has 3 heterocycles. The van der Waals surface area contributed by atoms with Gasteiger partial charge < -0.3 is 9.84 Å². The molecule has 2 aromatic rings. The van der Waals surface area contributed by atoms with Crippen molar-refractivity contribution >= 4 is 11.3 Å². The molecule has 1 aliphatic rings. The van der Waals surface area contributed by atoms with Gasteiger partial charge in [-0.25, -0.2) is 0 Å². The zero-order chi connectivity index (χ0) is 11.0. The van der Waals surface area contributed by atoms with Gasteiger partial charge in [-0.3, -0.25) is 0 Å². The van der Waals surface area contributed by atoms with Crippen molar-refractivity contribution in [2.45, 2.75) is 19.3 Å². The van der Waals surface area contributed by atoms with E-state index in [-0.39, 0.29) is 0 Å². The van der Waals surface area contributed by atoms with E-state index in [1.54, 1.807) is 11.3 Å². The van der Waals surface area contributed by atoms with E-state index in [1.807, 2.05) is 0 Å². The van der Waals surface area contributed by atoms with Crippen LogP contribution >= 0.6 is 11.3 Å². The molecular formula is C11H13N3OS. The number of nitrogens with one attached hydrogen (secondary N) is 1. The van der Waals surface area contributed by atoms with E-state index in [4.69, 9.17) is 4.52 Å². The lowest BCUT2D eigenvalue weighted by Crippen LogP contribution is -2.08. The highest BCUT2D eigenvalue weighted by Gasteiger charge is 2.23. The molecule has 3 rings (SSSR count). The first-order valence-corrected chi connectivity index (χ1v) is 6.36. The van der Waals surface area contributed by atoms with Crippen LogP contribution in [0.1, 0.15) is 23.8 Å². The van der Waals surface area contributed by atoms with Gasteiger partial charge in [-0.05, 0) is 30.8 Å². The monoisotopic (exact) mass is 235 g/mol. The summed E-state index contributed by atoms with van der Waals surface area (Å²) in [5.41, 5.74) is 2.30. The van der Waals surface area contributed by atoms with Crippen molar-refractivity contribution in [3.63, 3.8) is 0 Å². The third kappa shape index (κ3) is 1.66. The highest BCUT2D eigenvalue weighted by molar-refractivity contribution is 7.08.